The van der Waals surface area contributed by atoms with E-state index in [0.717, 1.165) is 5.56 Å². The summed E-state index contributed by atoms with van der Waals surface area (Å²) in [6.07, 6.45) is -0.776. The Morgan fingerprint density at radius 1 is 1.07 bits per heavy atom. The Morgan fingerprint density at radius 2 is 1.81 bits per heavy atom. The van der Waals surface area contributed by atoms with Gasteiger partial charge >= 0.3 is 0 Å². The van der Waals surface area contributed by atoms with Gasteiger partial charge in [-0.1, -0.05) is 29.8 Å². The molecule has 0 saturated heterocycles. The largest absolute Gasteiger partial charge is 0.493 e. The third kappa shape index (κ3) is 6.13. The van der Waals surface area contributed by atoms with Gasteiger partial charge in [-0.05, 0) is 49.2 Å². The van der Waals surface area contributed by atoms with Crippen molar-refractivity contribution in [1.82, 2.24) is 5.48 Å². The highest BCUT2D eigenvalue weighted by Crippen LogP contribution is 2.28. The molecule has 2 aromatic rings. The molecule has 1 atom stereocenters. The summed E-state index contributed by atoms with van der Waals surface area (Å²) in [4.78, 5) is 17.8. The molecular weight excluding hydrogens is 370 g/mol. The van der Waals surface area contributed by atoms with E-state index < -0.39 is 12.0 Å². The fourth-order valence-corrected chi connectivity index (χ4v) is 2.57. The summed E-state index contributed by atoms with van der Waals surface area (Å²) >= 11 is 5.89. The van der Waals surface area contributed by atoms with Crippen LogP contribution in [0.2, 0.25) is 5.02 Å². The molecule has 0 aliphatic carbocycles. The molecule has 0 radical (unpaired) electrons. The van der Waals surface area contributed by atoms with Crippen molar-refractivity contribution >= 4 is 17.5 Å². The van der Waals surface area contributed by atoms with Crippen molar-refractivity contribution in [3.63, 3.8) is 0 Å². The monoisotopic (exact) mass is 393 g/mol. The third-order valence-electron chi connectivity index (χ3n) is 3.68. The highest BCUT2D eigenvalue weighted by atomic mass is 35.5. The first-order chi connectivity index (χ1) is 13.1. The molecule has 0 heterocycles. The quantitative estimate of drug-likeness (QED) is 0.616. The van der Waals surface area contributed by atoms with Gasteiger partial charge in [-0.2, -0.15) is 0 Å². The maximum absolute atomic E-state index is 12.4. The average molecular weight is 394 g/mol. The Morgan fingerprint density at radius 3 is 2.44 bits per heavy atom. The van der Waals surface area contributed by atoms with Crippen LogP contribution >= 0.6 is 11.6 Å². The van der Waals surface area contributed by atoms with Crippen LogP contribution < -0.4 is 15.0 Å². The molecule has 1 N–H and O–H groups in total. The van der Waals surface area contributed by atoms with E-state index in [1.165, 1.54) is 0 Å². The minimum atomic E-state index is -0.776. The lowest BCUT2D eigenvalue weighted by Gasteiger charge is -2.17. The molecule has 0 fully saturated rings. The van der Waals surface area contributed by atoms with Crippen LogP contribution in [0.1, 0.15) is 31.1 Å². The normalized spacial score (nSPS) is 11.7. The molecule has 0 aliphatic heterocycles. The first kappa shape index (κ1) is 21.0. The van der Waals surface area contributed by atoms with E-state index in [1.54, 1.807) is 43.5 Å². The van der Waals surface area contributed by atoms with Gasteiger partial charge in [0.2, 0.25) is 0 Å². The number of ether oxygens (including phenoxy) is 3. The first-order valence-electron chi connectivity index (χ1n) is 8.67. The van der Waals surface area contributed by atoms with Gasteiger partial charge in [0, 0.05) is 11.6 Å². The SMILES string of the molecule is CCOc1ccc(CONC(=O)C(OCC)c2ccc(Cl)cc2)cc1OC. The number of hydrogen-bond acceptors (Lipinski definition) is 5. The lowest BCUT2D eigenvalue weighted by molar-refractivity contribution is -0.147. The van der Waals surface area contributed by atoms with Crippen LogP contribution in [0.25, 0.3) is 0 Å². The van der Waals surface area contributed by atoms with Crippen LogP contribution in [0, 0.1) is 0 Å². The second-order valence-electron chi connectivity index (χ2n) is 5.56. The Hall–Kier alpha value is -2.28. The van der Waals surface area contributed by atoms with Crippen molar-refractivity contribution in [3.05, 3.63) is 58.6 Å². The summed E-state index contributed by atoms with van der Waals surface area (Å²) in [6.45, 7) is 4.83. The average Bonchev–Trinajstić information content (AvgIpc) is 2.68. The zero-order chi connectivity index (χ0) is 19.6. The molecule has 1 amide bonds. The molecule has 2 rings (SSSR count). The van der Waals surface area contributed by atoms with Gasteiger partial charge in [-0.25, -0.2) is 5.48 Å². The summed E-state index contributed by atoms with van der Waals surface area (Å²) < 4.78 is 16.3. The first-order valence-corrected chi connectivity index (χ1v) is 9.05. The van der Waals surface area contributed by atoms with E-state index in [4.69, 9.17) is 30.6 Å². The number of carbonyl (C=O) groups is 1. The Labute approximate surface area is 164 Å². The highest BCUT2D eigenvalue weighted by Gasteiger charge is 2.21. The molecular formula is C20H24ClNO5. The van der Waals surface area contributed by atoms with Crippen LogP contribution in [0.3, 0.4) is 0 Å². The van der Waals surface area contributed by atoms with Gasteiger partial charge < -0.3 is 14.2 Å². The van der Waals surface area contributed by atoms with Crippen LogP contribution in [-0.2, 0) is 21.0 Å². The van der Waals surface area contributed by atoms with Gasteiger partial charge in [0.05, 0.1) is 20.3 Å². The molecule has 0 spiro atoms. The van der Waals surface area contributed by atoms with Crippen molar-refractivity contribution in [2.75, 3.05) is 20.3 Å². The summed E-state index contributed by atoms with van der Waals surface area (Å²) in [6, 6.07) is 12.4. The molecule has 0 saturated carbocycles. The van der Waals surface area contributed by atoms with E-state index in [1.807, 2.05) is 19.9 Å². The molecule has 7 heteroatoms. The third-order valence-corrected chi connectivity index (χ3v) is 3.94. The fourth-order valence-electron chi connectivity index (χ4n) is 2.45. The number of amides is 1. The number of hydrogen-bond donors (Lipinski definition) is 1. The molecule has 2 aromatic carbocycles. The van der Waals surface area contributed by atoms with Crippen LogP contribution in [0.4, 0.5) is 0 Å². The van der Waals surface area contributed by atoms with Crippen molar-refractivity contribution in [2.45, 2.75) is 26.6 Å². The molecule has 0 aliphatic rings. The van der Waals surface area contributed by atoms with E-state index in [9.17, 15) is 4.79 Å². The number of benzene rings is 2. The molecule has 1 unspecified atom stereocenters. The molecule has 146 valence electrons. The highest BCUT2D eigenvalue weighted by molar-refractivity contribution is 6.30. The van der Waals surface area contributed by atoms with Crippen LogP contribution in [0.5, 0.6) is 11.5 Å². The smallest absolute Gasteiger partial charge is 0.277 e. The number of hydroxylamine groups is 1. The number of nitrogens with one attached hydrogen (secondary N) is 1. The molecule has 0 aromatic heterocycles. The number of rotatable bonds is 10. The fraction of sp³-hybridized carbons (Fsp3) is 0.350. The maximum atomic E-state index is 12.4. The van der Waals surface area contributed by atoms with E-state index in [0.29, 0.717) is 35.3 Å². The Bertz CT molecular complexity index is 736. The zero-order valence-electron chi connectivity index (χ0n) is 15.7. The van der Waals surface area contributed by atoms with E-state index in [2.05, 4.69) is 5.48 Å². The van der Waals surface area contributed by atoms with Gasteiger partial charge in [-0.3, -0.25) is 9.63 Å². The van der Waals surface area contributed by atoms with E-state index >= 15 is 0 Å². The maximum Gasteiger partial charge on any atom is 0.277 e. The molecule has 0 bridgehead atoms. The summed E-state index contributed by atoms with van der Waals surface area (Å²) in [5.41, 5.74) is 3.97. The van der Waals surface area contributed by atoms with Crippen LogP contribution in [0.15, 0.2) is 42.5 Å². The Kier molecular flexibility index (Phi) is 8.39. The van der Waals surface area contributed by atoms with Crippen molar-refractivity contribution < 1.29 is 23.8 Å². The van der Waals surface area contributed by atoms with Crippen LogP contribution in [-0.4, -0.2) is 26.2 Å². The topological polar surface area (TPSA) is 66.0 Å². The van der Waals surface area contributed by atoms with E-state index in [-0.39, 0.29) is 6.61 Å². The lowest BCUT2D eigenvalue weighted by atomic mass is 10.1. The number of halogens is 1. The standard InChI is InChI=1S/C20H24ClNO5/c1-4-25-17-11-6-14(12-18(17)24-3)13-27-22-20(23)19(26-5-2)15-7-9-16(21)10-8-15/h6-12,19H,4-5,13H2,1-3H3,(H,22,23). The predicted molar refractivity (Wildman–Crippen MR) is 103 cm³/mol. The predicted octanol–water partition coefficient (Wildman–Crippen LogP) is 4.07. The summed E-state index contributed by atoms with van der Waals surface area (Å²) in [5.74, 6) is 0.877. The Balaban J connectivity index is 1.96. The van der Waals surface area contributed by atoms with Gasteiger partial charge in [0.1, 0.15) is 0 Å². The van der Waals surface area contributed by atoms with Crippen molar-refractivity contribution in [1.29, 1.82) is 0 Å². The summed E-state index contributed by atoms with van der Waals surface area (Å²) in [7, 11) is 1.57. The van der Waals surface area contributed by atoms with Gasteiger partial charge in [0.15, 0.2) is 17.6 Å². The zero-order valence-corrected chi connectivity index (χ0v) is 16.4. The molecule has 27 heavy (non-hydrogen) atoms. The van der Waals surface area contributed by atoms with Crippen molar-refractivity contribution in [2.24, 2.45) is 0 Å². The van der Waals surface area contributed by atoms with Gasteiger partial charge in [0.25, 0.3) is 5.91 Å². The number of methoxy groups -OCH3 is 1. The minimum absolute atomic E-state index is 0.175. The van der Waals surface area contributed by atoms with Gasteiger partial charge in [-0.15, -0.1) is 0 Å². The van der Waals surface area contributed by atoms with Crippen molar-refractivity contribution in [3.8, 4) is 11.5 Å². The second-order valence-corrected chi connectivity index (χ2v) is 6.00. The molecule has 6 nitrogen and oxygen atoms in total. The lowest BCUT2D eigenvalue weighted by Crippen LogP contribution is -2.31. The summed E-state index contributed by atoms with van der Waals surface area (Å²) in [5, 5.41) is 0.593. The second kappa shape index (κ2) is 10.8. The number of carbonyl (C=O) groups excluding carboxylic acids is 1. The minimum Gasteiger partial charge on any atom is -0.493 e.